The number of halogens is 1. The zero-order valence-corrected chi connectivity index (χ0v) is 13.9. The van der Waals surface area contributed by atoms with Gasteiger partial charge in [-0.05, 0) is 76.2 Å². The fourth-order valence-electron chi connectivity index (χ4n) is 4.20. The fraction of sp³-hybridized carbons (Fsp3) is 1.00. The first kappa shape index (κ1) is 16.5. The van der Waals surface area contributed by atoms with E-state index in [-0.39, 0.29) is 12.4 Å². The molecule has 4 heteroatoms. The summed E-state index contributed by atoms with van der Waals surface area (Å²) in [6.45, 7) is 13.0. The van der Waals surface area contributed by atoms with Crippen LogP contribution in [-0.4, -0.2) is 62.2 Å². The molecule has 20 heavy (non-hydrogen) atoms. The van der Waals surface area contributed by atoms with E-state index in [0.29, 0.717) is 5.41 Å². The Morgan fingerprint density at radius 3 is 2.35 bits per heavy atom. The summed E-state index contributed by atoms with van der Waals surface area (Å²) in [4.78, 5) is 5.43. The average molecular weight is 302 g/mol. The van der Waals surface area contributed by atoms with Gasteiger partial charge in [0.2, 0.25) is 0 Å². The lowest BCUT2D eigenvalue weighted by molar-refractivity contribution is 0.114. The van der Waals surface area contributed by atoms with Crippen molar-refractivity contribution >= 4 is 12.4 Å². The van der Waals surface area contributed by atoms with Gasteiger partial charge < -0.3 is 15.1 Å². The molecule has 0 amide bonds. The molecule has 0 aromatic carbocycles. The zero-order chi connectivity index (χ0) is 13.1. The van der Waals surface area contributed by atoms with Gasteiger partial charge >= 0.3 is 0 Å². The first-order valence-corrected chi connectivity index (χ1v) is 8.39. The molecule has 0 bridgehead atoms. The number of nitrogens with zero attached hydrogens (tertiary/aromatic N) is 2. The van der Waals surface area contributed by atoms with Gasteiger partial charge in [-0.1, -0.05) is 6.92 Å². The molecule has 118 valence electrons. The summed E-state index contributed by atoms with van der Waals surface area (Å²) in [7, 11) is 0. The van der Waals surface area contributed by atoms with Crippen LogP contribution in [0.2, 0.25) is 0 Å². The molecular weight excluding hydrogens is 270 g/mol. The number of hydrogen-bond donors (Lipinski definition) is 1. The van der Waals surface area contributed by atoms with Crippen molar-refractivity contribution < 1.29 is 0 Å². The number of likely N-dealkylation sites (tertiary alicyclic amines) is 2. The van der Waals surface area contributed by atoms with Crippen molar-refractivity contribution in [3.63, 3.8) is 0 Å². The second kappa shape index (κ2) is 7.44. The normalized spacial score (nSPS) is 33.5. The Bertz CT molecular complexity index is 277. The third kappa shape index (κ3) is 4.33. The van der Waals surface area contributed by atoms with Gasteiger partial charge in [0.05, 0.1) is 0 Å². The molecule has 3 aliphatic heterocycles. The highest BCUT2D eigenvalue weighted by molar-refractivity contribution is 5.85. The van der Waals surface area contributed by atoms with Crippen LogP contribution < -0.4 is 5.32 Å². The standard InChI is InChI=1S/C16H31N3.ClH/c1-16(6-7-17-13-16)14-19-10-4-15(5-11-19)12-18-8-2-3-9-18;/h15,17H,2-14H2,1H3;1H. The van der Waals surface area contributed by atoms with Gasteiger partial charge in [0.1, 0.15) is 0 Å². The highest BCUT2D eigenvalue weighted by atomic mass is 35.5. The maximum atomic E-state index is 3.53. The third-order valence-electron chi connectivity index (χ3n) is 5.48. The lowest BCUT2D eigenvalue weighted by Crippen LogP contribution is -2.43. The lowest BCUT2D eigenvalue weighted by atomic mass is 9.87. The van der Waals surface area contributed by atoms with E-state index < -0.39 is 0 Å². The number of hydrogen-bond acceptors (Lipinski definition) is 3. The molecule has 1 N–H and O–H groups in total. The van der Waals surface area contributed by atoms with Crippen LogP contribution in [0.4, 0.5) is 0 Å². The molecule has 3 rings (SSSR count). The van der Waals surface area contributed by atoms with Gasteiger partial charge in [-0.3, -0.25) is 0 Å². The van der Waals surface area contributed by atoms with Crippen molar-refractivity contribution in [1.29, 1.82) is 0 Å². The highest BCUT2D eigenvalue weighted by Crippen LogP contribution is 2.28. The monoisotopic (exact) mass is 301 g/mol. The second-order valence-electron chi connectivity index (χ2n) is 7.46. The Morgan fingerprint density at radius 1 is 1.05 bits per heavy atom. The van der Waals surface area contributed by atoms with Crippen LogP contribution in [0.15, 0.2) is 0 Å². The molecule has 3 aliphatic rings. The minimum atomic E-state index is 0. The van der Waals surface area contributed by atoms with Gasteiger partial charge in [0, 0.05) is 19.6 Å². The van der Waals surface area contributed by atoms with Crippen LogP contribution in [0, 0.1) is 11.3 Å². The Labute approximate surface area is 130 Å². The first-order chi connectivity index (χ1) is 9.23. The van der Waals surface area contributed by atoms with Crippen molar-refractivity contribution in [2.45, 2.75) is 39.0 Å². The molecule has 0 aliphatic carbocycles. The Hall–Kier alpha value is 0.170. The van der Waals surface area contributed by atoms with Gasteiger partial charge in [-0.2, -0.15) is 0 Å². The number of piperidine rings is 1. The van der Waals surface area contributed by atoms with E-state index in [2.05, 4.69) is 22.0 Å². The Balaban J connectivity index is 0.00000147. The minimum Gasteiger partial charge on any atom is -0.316 e. The van der Waals surface area contributed by atoms with E-state index in [4.69, 9.17) is 0 Å². The molecular formula is C16H32ClN3. The van der Waals surface area contributed by atoms with Crippen molar-refractivity contribution in [3.8, 4) is 0 Å². The summed E-state index contributed by atoms with van der Waals surface area (Å²) < 4.78 is 0. The first-order valence-electron chi connectivity index (χ1n) is 8.39. The largest absolute Gasteiger partial charge is 0.316 e. The van der Waals surface area contributed by atoms with Gasteiger partial charge in [0.25, 0.3) is 0 Å². The topological polar surface area (TPSA) is 18.5 Å². The van der Waals surface area contributed by atoms with Crippen LogP contribution in [-0.2, 0) is 0 Å². The summed E-state index contributed by atoms with van der Waals surface area (Å²) in [6.07, 6.45) is 7.09. The maximum absolute atomic E-state index is 3.53. The molecule has 3 fully saturated rings. The number of rotatable bonds is 4. The van der Waals surface area contributed by atoms with E-state index in [1.54, 1.807) is 0 Å². The predicted molar refractivity (Wildman–Crippen MR) is 87.7 cm³/mol. The average Bonchev–Trinajstić information content (AvgIpc) is 3.04. The van der Waals surface area contributed by atoms with E-state index in [1.165, 1.54) is 84.5 Å². The molecule has 3 heterocycles. The van der Waals surface area contributed by atoms with E-state index in [0.717, 1.165) is 5.92 Å². The van der Waals surface area contributed by atoms with Crippen LogP contribution in [0.5, 0.6) is 0 Å². The third-order valence-corrected chi connectivity index (χ3v) is 5.48. The summed E-state index contributed by atoms with van der Waals surface area (Å²) in [5.41, 5.74) is 0.543. The van der Waals surface area contributed by atoms with Gasteiger partial charge in [0.15, 0.2) is 0 Å². The van der Waals surface area contributed by atoms with Crippen LogP contribution in [0.25, 0.3) is 0 Å². The second-order valence-corrected chi connectivity index (χ2v) is 7.46. The smallest absolute Gasteiger partial charge is 0.00480 e. The number of nitrogens with one attached hydrogen (secondary N) is 1. The molecule has 0 radical (unpaired) electrons. The minimum absolute atomic E-state index is 0. The van der Waals surface area contributed by atoms with Crippen LogP contribution in [0.1, 0.15) is 39.0 Å². The van der Waals surface area contributed by atoms with Crippen LogP contribution in [0.3, 0.4) is 0 Å². The molecule has 0 aromatic rings. The van der Waals surface area contributed by atoms with Crippen molar-refractivity contribution in [1.82, 2.24) is 15.1 Å². The molecule has 0 saturated carbocycles. The molecule has 1 atom stereocenters. The predicted octanol–water partition coefficient (Wildman–Crippen LogP) is 2.22. The summed E-state index contributed by atoms with van der Waals surface area (Å²) in [5.74, 6) is 0.976. The Morgan fingerprint density at radius 2 is 1.75 bits per heavy atom. The molecule has 0 aromatic heterocycles. The lowest BCUT2D eigenvalue weighted by Gasteiger charge is -2.38. The summed E-state index contributed by atoms with van der Waals surface area (Å²) >= 11 is 0. The van der Waals surface area contributed by atoms with Crippen molar-refractivity contribution in [2.75, 3.05) is 52.4 Å². The van der Waals surface area contributed by atoms with E-state index in [9.17, 15) is 0 Å². The molecule has 1 unspecified atom stereocenters. The van der Waals surface area contributed by atoms with E-state index >= 15 is 0 Å². The van der Waals surface area contributed by atoms with Gasteiger partial charge in [-0.25, -0.2) is 0 Å². The summed E-state index contributed by atoms with van der Waals surface area (Å²) in [5, 5.41) is 3.53. The molecule has 3 nitrogen and oxygen atoms in total. The van der Waals surface area contributed by atoms with E-state index in [1.807, 2.05) is 0 Å². The van der Waals surface area contributed by atoms with Crippen LogP contribution >= 0.6 is 12.4 Å². The Kier molecular flexibility index (Phi) is 6.15. The molecule has 3 saturated heterocycles. The zero-order valence-electron chi connectivity index (χ0n) is 13.1. The fourth-order valence-corrected chi connectivity index (χ4v) is 4.20. The van der Waals surface area contributed by atoms with Gasteiger partial charge in [-0.15, -0.1) is 12.4 Å². The maximum Gasteiger partial charge on any atom is 0.00480 e. The summed E-state index contributed by atoms with van der Waals surface area (Å²) in [6, 6.07) is 0. The highest BCUT2D eigenvalue weighted by Gasteiger charge is 2.32. The van der Waals surface area contributed by atoms with Crippen molar-refractivity contribution in [3.05, 3.63) is 0 Å². The SMILES string of the molecule is CC1(CN2CCC(CN3CCCC3)CC2)CCNC1.Cl. The van der Waals surface area contributed by atoms with Crippen molar-refractivity contribution in [2.24, 2.45) is 11.3 Å². The molecule has 0 spiro atoms. The quantitative estimate of drug-likeness (QED) is 0.859.